The smallest absolute Gasteiger partial charge is 0.0569 e. The summed E-state index contributed by atoms with van der Waals surface area (Å²) in [5.74, 6) is 0.624. The summed E-state index contributed by atoms with van der Waals surface area (Å²) in [7, 11) is 0. The first-order valence-corrected chi connectivity index (χ1v) is 9.31. The van der Waals surface area contributed by atoms with Crippen molar-refractivity contribution in [2.45, 2.75) is 72.4 Å². The highest BCUT2D eigenvalue weighted by Gasteiger charge is 2.47. The summed E-state index contributed by atoms with van der Waals surface area (Å²) in [6.45, 7) is 21.0. The van der Waals surface area contributed by atoms with Crippen LogP contribution < -0.4 is 0 Å². The molecule has 2 heterocycles. The molecule has 0 aromatic carbocycles. The van der Waals surface area contributed by atoms with Crippen molar-refractivity contribution in [3.05, 3.63) is 0 Å². The van der Waals surface area contributed by atoms with Gasteiger partial charge in [0.1, 0.15) is 0 Å². The maximum atomic E-state index is 5.89. The van der Waals surface area contributed by atoms with Crippen molar-refractivity contribution in [1.29, 1.82) is 0 Å². The van der Waals surface area contributed by atoms with Gasteiger partial charge in [-0.2, -0.15) is 0 Å². The Morgan fingerprint density at radius 2 is 1.64 bits per heavy atom. The molecule has 0 unspecified atom stereocenters. The lowest BCUT2D eigenvalue weighted by atomic mass is 9.70. The molecule has 0 saturated carbocycles. The third kappa shape index (κ3) is 4.69. The fourth-order valence-electron chi connectivity index (χ4n) is 3.55. The molecule has 0 aromatic heterocycles. The number of nitrogens with zero attached hydrogens (tertiary/aromatic N) is 2. The maximum Gasteiger partial charge on any atom is 0.0569 e. The van der Waals surface area contributed by atoms with Crippen LogP contribution >= 0.6 is 0 Å². The monoisotopic (exact) mass is 310 g/mol. The van der Waals surface area contributed by atoms with Crippen molar-refractivity contribution >= 4 is 0 Å². The molecule has 0 aromatic rings. The molecule has 2 rings (SSSR count). The first-order valence-electron chi connectivity index (χ1n) is 9.31. The van der Waals surface area contributed by atoms with E-state index in [0.717, 1.165) is 6.61 Å². The van der Waals surface area contributed by atoms with E-state index >= 15 is 0 Å². The van der Waals surface area contributed by atoms with Crippen LogP contribution in [-0.4, -0.2) is 60.8 Å². The molecular formula is C19H38N2O. The van der Waals surface area contributed by atoms with Crippen molar-refractivity contribution in [3.63, 3.8) is 0 Å². The second-order valence-electron chi connectivity index (χ2n) is 9.04. The molecule has 1 spiro atoms. The van der Waals surface area contributed by atoms with Gasteiger partial charge in [0.15, 0.2) is 0 Å². The van der Waals surface area contributed by atoms with Crippen LogP contribution in [0.2, 0.25) is 0 Å². The Morgan fingerprint density at radius 1 is 1.05 bits per heavy atom. The van der Waals surface area contributed by atoms with Crippen LogP contribution in [0.4, 0.5) is 0 Å². The summed E-state index contributed by atoms with van der Waals surface area (Å²) in [5.41, 5.74) is 0.999. The number of hydrogen-bond donors (Lipinski definition) is 0. The summed E-state index contributed by atoms with van der Waals surface area (Å²) in [6.07, 6.45) is 4.35. The molecule has 2 aliphatic heterocycles. The Kier molecular flexibility index (Phi) is 5.95. The molecule has 130 valence electrons. The molecule has 0 N–H and O–H groups in total. The number of rotatable bonds is 6. The maximum absolute atomic E-state index is 5.89. The topological polar surface area (TPSA) is 15.7 Å². The van der Waals surface area contributed by atoms with Gasteiger partial charge in [-0.25, -0.2) is 0 Å². The molecule has 2 fully saturated rings. The fraction of sp³-hybridized carbons (Fsp3) is 1.00. The van der Waals surface area contributed by atoms with Gasteiger partial charge in [0.2, 0.25) is 0 Å². The van der Waals surface area contributed by atoms with Crippen molar-refractivity contribution < 1.29 is 4.74 Å². The quantitative estimate of drug-likeness (QED) is 0.697. The van der Waals surface area contributed by atoms with E-state index in [2.05, 4.69) is 51.3 Å². The molecule has 0 bridgehead atoms. The predicted molar refractivity (Wildman–Crippen MR) is 94.3 cm³/mol. The summed E-state index contributed by atoms with van der Waals surface area (Å²) < 4.78 is 5.89. The van der Waals surface area contributed by atoms with Crippen molar-refractivity contribution in [1.82, 2.24) is 9.80 Å². The number of ether oxygens (including phenoxy) is 1. The first-order chi connectivity index (χ1) is 10.2. The highest BCUT2D eigenvalue weighted by atomic mass is 16.5. The summed E-state index contributed by atoms with van der Waals surface area (Å²) in [6, 6.07) is 0. The lowest BCUT2D eigenvalue weighted by Crippen LogP contribution is -2.65. The van der Waals surface area contributed by atoms with E-state index in [-0.39, 0.29) is 0 Å². The molecular weight excluding hydrogens is 272 g/mol. The van der Waals surface area contributed by atoms with Crippen LogP contribution in [0, 0.1) is 11.3 Å². The Labute approximate surface area is 138 Å². The lowest BCUT2D eigenvalue weighted by molar-refractivity contribution is -0.0906. The van der Waals surface area contributed by atoms with Crippen LogP contribution in [0.15, 0.2) is 0 Å². The third-order valence-electron chi connectivity index (χ3n) is 5.86. The van der Waals surface area contributed by atoms with Gasteiger partial charge in [-0.15, -0.1) is 0 Å². The van der Waals surface area contributed by atoms with Crippen molar-refractivity contribution in [2.24, 2.45) is 11.3 Å². The molecule has 0 amide bonds. The molecule has 2 saturated heterocycles. The van der Waals surface area contributed by atoms with Gasteiger partial charge in [0.25, 0.3) is 0 Å². The Bertz CT molecular complexity index is 332. The average molecular weight is 311 g/mol. The zero-order chi connectivity index (χ0) is 16.4. The molecule has 22 heavy (non-hydrogen) atoms. The number of hydrogen-bond acceptors (Lipinski definition) is 3. The Morgan fingerprint density at radius 3 is 2.14 bits per heavy atom. The first kappa shape index (κ1) is 18.2. The van der Waals surface area contributed by atoms with Gasteiger partial charge >= 0.3 is 0 Å². The molecule has 2 aliphatic rings. The second kappa shape index (κ2) is 7.19. The molecule has 3 nitrogen and oxygen atoms in total. The average Bonchev–Trinajstić information content (AvgIpc) is 2.40. The normalized spacial score (nSPS) is 24.7. The standard InChI is InChI=1S/C19H38N2O/c1-16(2)17(3)22-13-7-10-20-11-8-19(9-12-20)14-21(15-19)18(4,5)6/h16-17H,7-15H2,1-6H3/t17-/m1/s1. The van der Waals surface area contributed by atoms with E-state index in [0.29, 0.717) is 23.0 Å². The summed E-state index contributed by atoms with van der Waals surface area (Å²) >= 11 is 0. The van der Waals surface area contributed by atoms with E-state index in [1.807, 2.05) is 0 Å². The lowest BCUT2D eigenvalue weighted by Gasteiger charge is -2.58. The number of likely N-dealkylation sites (tertiary alicyclic amines) is 2. The molecule has 1 atom stereocenters. The predicted octanol–water partition coefficient (Wildman–Crippen LogP) is 3.63. The minimum Gasteiger partial charge on any atom is -0.378 e. The van der Waals surface area contributed by atoms with Gasteiger partial charge in [0.05, 0.1) is 6.10 Å². The fourth-order valence-corrected chi connectivity index (χ4v) is 3.55. The van der Waals surface area contributed by atoms with E-state index in [1.54, 1.807) is 0 Å². The third-order valence-corrected chi connectivity index (χ3v) is 5.86. The van der Waals surface area contributed by atoms with E-state index < -0.39 is 0 Å². The Balaban J connectivity index is 1.59. The highest BCUT2D eigenvalue weighted by molar-refractivity contribution is 5.01. The zero-order valence-corrected chi connectivity index (χ0v) is 15.8. The van der Waals surface area contributed by atoms with Crippen LogP contribution in [0.1, 0.15) is 60.8 Å². The van der Waals surface area contributed by atoms with E-state index in [1.165, 1.54) is 52.0 Å². The second-order valence-corrected chi connectivity index (χ2v) is 9.04. The van der Waals surface area contributed by atoms with Crippen molar-refractivity contribution in [3.8, 4) is 0 Å². The van der Waals surface area contributed by atoms with E-state index in [9.17, 15) is 0 Å². The van der Waals surface area contributed by atoms with Crippen LogP contribution in [0.5, 0.6) is 0 Å². The van der Waals surface area contributed by atoms with Crippen LogP contribution in [0.3, 0.4) is 0 Å². The van der Waals surface area contributed by atoms with Gasteiger partial charge < -0.3 is 9.64 Å². The highest BCUT2D eigenvalue weighted by Crippen LogP contribution is 2.43. The Hall–Kier alpha value is -0.120. The summed E-state index contributed by atoms with van der Waals surface area (Å²) in [5, 5.41) is 0. The molecule has 0 radical (unpaired) electrons. The largest absolute Gasteiger partial charge is 0.378 e. The van der Waals surface area contributed by atoms with Crippen LogP contribution in [0.25, 0.3) is 0 Å². The zero-order valence-electron chi connectivity index (χ0n) is 15.8. The van der Waals surface area contributed by atoms with Gasteiger partial charge in [-0.05, 0) is 71.4 Å². The summed E-state index contributed by atoms with van der Waals surface area (Å²) in [4.78, 5) is 5.29. The molecule has 0 aliphatic carbocycles. The SMILES string of the molecule is CC(C)[C@@H](C)OCCCN1CCC2(CC1)CN(C(C)(C)C)C2. The molecule has 3 heteroatoms. The van der Waals surface area contributed by atoms with Gasteiger partial charge in [-0.1, -0.05) is 13.8 Å². The van der Waals surface area contributed by atoms with Crippen LogP contribution in [-0.2, 0) is 4.74 Å². The minimum atomic E-state index is 0.354. The minimum absolute atomic E-state index is 0.354. The van der Waals surface area contributed by atoms with E-state index in [4.69, 9.17) is 4.74 Å². The van der Waals surface area contributed by atoms with Crippen molar-refractivity contribution in [2.75, 3.05) is 39.3 Å². The van der Waals surface area contributed by atoms with Gasteiger partial charge in [0, 0.05) is 31.8 Å². The van der Waals surface area contributed by atoms with Gasteiger partial charge in [-0.3, -0.25) is 4.90 Å². The number of piperidine rings is 1.